The number of benzene rings is 5. The normalized spacial score (nSPS) is 18.1. The maximum atomic E-state index is 15.6. The number of nitrogens with two attached hydrogens (primary N) is 2. The van der Waals surface area contributed by atoms with E-state index in [4.69, 9.17) is 16.2 Å². The van der Waals surface area contributed by atoms with Crippen molar-refractivity contribution < 1.29 is 96.4 Å². The molecule has 3 aliphatic heterocycles. The molecular weight excluding hydrogens is 1740 g/mol. The molecule has 5 aromatic carbocycles. The molecule has 1 aromatic heterocycles. The average molecular weight is 1880 g/mol. The Balaban J connectivity index is 0.936. The summed E-state index contributed by atoms with van der Waals surface area (Å²) >= 11 is 0.812. The van der Waals surface area contributed by atoms with E-state index in [0.29, 0.717) is 86.5 Å². The first-order valence-corrected chi connectivity index (χ1v) is 47.1. The van der Waals surface area contributed by atoms with Crippen LogP contribution in [0.15, 0.2) is 134 Å². The van der Waals surface area contributed by atoms with E-state index in [2.05, 4.69) is 47.5 Å². The van der Waals surface area contributed by atoms with E-state index in [1.165, 1.54) is 65.2 Å². The number of phenolic OH excluding ortho intramolecular Hbond substituents is 2. The lowest BCUT2D eigenvalue weighted by molar-refractivity contribution is -0.152. The molecule has 0 radical (unpaired) electrons. The number of carbonyl (C=O) groups excluding carboxylic acids is 14. The number of thioether (sulfide) groups is 1. The summed E-state index contributed by atoms with van der Waals surface area (Å²) in [6.45, 7) is 12.6. The molecule has 0 bridgehead atoms. The Bertz CT molecular complexity index is 5030. The monoisotopic (exact) mass is 1870 g/mol. The molecule has 37 heteroatoms. The van der Waals surface area contributed by atoms with Gasteiger partial charge in [0.15, 0.2) is 5.78 Å². The number of carboxylic acids is 1. The third kappa shape index (κ3) is 30.2. The second-order valence-corrected chi connectivity index (χ2v) is 36.9. The second kappa shape index (κ2) is 50.8. The van der Waals surface area contributed by atoms with Crippen molar-refractivity contribution >= 4 is 112 Å². The van der Waals surface area contributed by atoms with Crippen molar-refractivity contribution in [2.75, 3.05) is 58.8 Å². The highest BCUT2D eigenvalue weighted by molar-refractivity contribution is 8.00. The highest BCUT2D eigenvalue weighted by atomic mass is 32.2. The van der Waals surface area contributed by atoms with Crippen molar-refractivity contribution in [2.24, 2.45) is 29.2 Å². The highest BCUT2D eigenvalue weighted by Gasteiger charge is 2.53. The van der Waals surface area contributed by atoms with E-state index in [0.717, 1.165) is 45.3 Å². The first-order chi connectivity index (χ1) is 63.9. The van der Waals surface area contributed by atoms with E-state index in [1.807, 2.05) is 63.8 Å². The number of aldehydes is 1. The zero-order valence-electron chi connectivity index (χ0n) is 77.8. The number of epoxide rings is 1. The number of ketones is 1. The number of piperidine rings is 1. The van der Waals surface area contributed by atoms with Crippen LogP contribution in [-0.4, -0.2) is 283 Å². The van der Waals surface area contributed by atoms with E-state index in [9.17, 15) is 62.9 Å². The second-order valence-electron chi connectivity index (χ2n) is 35.9. The van der Waals surface area contributed by atoms with Crippen molar-refractivity contribution in [1.82, 2.24) is 72.0 Å². The molecular formula is C97H131FN16O19S. The fraction of sp³-hybridized carbons (Fsp3) is 0.515. The number of hydrogen-bond donors (Lipinski definition) is 14. The number of carbonyl (C=O) groups is 15. The topological polar surface area (TPSA) is 510 Å². The largest absolute Gasteiger partial charge is 0.508 e. The van der Waals surface area contributed by atoms with Gasteiger partial charge in [0.25, 0.3) is 0 Å². The van der Waals surface area contributed by atoms with E-state index < -0.39 is 192 Å². The predicted octanol–water partition coefficient (Wildman–Crippen LogP) is 3.99. The van der Waals surface area contributed by atoms with Crippen molar-refractivity contribution in [3.05, 3.63) is 167 Å². The maximum Gasteiger partial charge on any atom is 0.305 e. The molecule has 9 rings (SSSR count). The molecule has 726 valence electrons. The predicted molar refractivity (Wildman–Crippen MR) is 501 cm³/mol. The number of aromatic hydroxyl groups is 2. The van der Waals surface area contributed by atoms with Gasteiger partial charge in [-0.1, -0.05) is 159 Å². The SMILES string of the molecule is CCCC[C@@H](C(=O)N1CCC[C@@H]1C(=O)N[C@H](C=O)CC(=O)O)N(C)C(=O)[C@H](Cc1ccccc1)N(C)C(=O)[C@H](Cc1ccc(F)cc1)NC(=O)CSC[C@H](NC(=O)[C@H](CC(C)C)NC(=O)[C@H](Cc1ccc(O)cc1)NC(=O)[C@H](Cc1c[nH]c2ccccc12)NC(=O)[C@H]1CCCCN1C1OC1[C@H](Cc1ccc(O)cc1)NCC(=O)[C@H](C(C)CC)N(C)C(=O)[C@@H](N)C(C)C)C(=O)NCC(N)=O. The minimum atomic E-state index is -1.58. The molecule has 12 amide bonds. The summed E-state index contributed by atoms with van der Waals surface area (Å²) < 4.78 is 21.1. The Morgan fingerprint density at radius 2 is 1.18 bits per heavy atom. The molecule has 3 unspecified atom stereocenters. The van der Waals surface area contributed by atoms with E-state index in [1.54, 1.807) is 81.7 Å². The Kier molecular flexibility index (Phi) is 40.0. The van der Waals surface area contributed by atoms with Gasteiger partial charge in [-0.15, -0.1) is 11.8 Å². The average Bonchev–Trinajstić information content (AvgIpc) is 1.61. The summed E-state index contributed by atoms with van der Waals surface area (Å²) in [6.07, 6.45) is 3.54. The van der Waals surface area contributed by atoms with Gasteiger partial charge < -0.3 is 103 Å². The molecule has 4 heterocycles. The summed E-state index contributed by atoms with van der Waals surface area (Å²) in [5.41, 5.74) is 15.4. The highest BCUT2D eigenvalue weighted by Crippen LogP contribution is 2.36. The minimum Gasteiger partial charge on any atom is -0.508 e. The molecule has 3 aliphatic rings. The van der Waals surface area contributed by atoms with Crippen LogP contribution in [0.4, 0.5) is 4.39 Å². The zero-order chi connectivity index (χ0) is 97.7. The molecule has 0 saturated carbocycles. The number of likely N-dealkylation sites (N-methyl/N-ethyl adjacent to an activating group) is 3. The molecule has 3 fully saturated rings. The van der Waals surface area contributed by atoms with Crippen molar-refractivity contribution in [2.45, 2.75) is 242 Å². The number of nitrogens with zero attached hydrogens (tertiary/aromatic N) is 5. The smallest absolute Gasteiger partial charge is 0.305 e. The summed E-state index contributed by atoms with van der Waals surface area (Å²) in [5, 5.41) is 53.3. The number of primary amides is 1. The number of phenols is 2. The van der Waals surface area contributed by atoms with Crippen LogP contribution in [-0.2, 0) is 109 Å². The van der Waals surface area contributed by atoms with Crippen LogP contribution in [0.25, 0.3) is 10.9 Å². The number of carboxylic acid groups (broad SMARTS) is 1. The van der Waals surface area contributed by atoms with Crippen molar-refractivity contribution in [3.8, 4) is 11.5 Å². The number of fused-ring (bicyclic) bond motifs is 1. The van der Waals surface area contributed by atoms with Crippen LogP contribution in [0.3, 0.4) is 0 Å². The standard InChI is InChI=1S/C97H131FN16O19S/c1-11-13-26-78(95(131)113-42-21-28-76(113)91(127)104-65(53-115)49-83(121)122)110(8)94(130)79(47-59-22-15-14-16-23-59)111(9)93(129)74(46-60-29-35-64(98)36-30-60)105-82(120)55-134-54-75(87(123)103-52-81(99)119)109-88(124)71(43-56(3)4)106-89(125)72(45-62-33-39-67(117)40-34-62)107-90(126)73(48-63-50-101-69-25-18-17-24-68(63)69)108-92(128)77-27-19-20-41-114(77)97-86(133-97)70(44-61-31-37-66(116)38-32-61)102-51-80(118)85(58(7)12-2)112(10)96(132)84(100)57(5)6/h14-18,22-25,29-40,50,53,56-58,65,70-79,84-86,97,101-102,116-117H,11-13,19-21,26-28,41-49,51-52,54-55,100H2,1-10H3,(H2,99,119)(H,103,123)(H,104,127)(H,105,120)(H,106,125)(H,107,126)(H,108,128)(H,109,124)(H,121,122)/t58?,65-,70-,71-,72-,73-,74-,75-,76+,77+,78-,79-,84-,85-,86?,97?/m0/s1. The third-order valence-corrected chi connectivity index (χ3v) is 26.0. The van der Waals surface area contributed by atoms with E-state index >= 15 is 28.8 Å². The number of likely N-dealkylation sites (tertiary alicyclic amines) is 2. The Labute approximate surface area is 784 Å². The van der Waals surface area contributed by atoms with Crippen LogP contribution < -0.4 is 54.0 Å². The number of aromatic nitrogens is 1. The Morgan fingerprint density at radius 3 is 1.80 bits per heavy atom. The number of para-hydroxylation sites is 1. The molecule has 0 aliphatic carbocycles. The van der Waals surface area contributed by atoms with Gasteiger partial charge in [0.05, 0.1) is 49.4 Å². The molecule has 16 N–H and O–H groups in total. The molecule has 35 nitrogen and oxygen atoms in total. The van der Waals surface area contributed by atoms with Gasteiger partial charge in [0.1, 0.15) is 84.3 Å². The fourth-order valence-corrected chi connectivity index (χ4v) is 18.0. The van der Waals surface area contributed by atoms with Gasteiger partial charge in [-0.3, -0.25) is 72.0 Å². The van der Waals surface area contributed by atoms with Gasteiger partial charge >= 0.3 is 5.97 Å². The van der Waals surface area contributed by atoms with Crippen LogP contribution in [0, 0.1) is 23.6 Å². The number of ether oxygens (including phenoxy) is 1. The number of unbranched alkanes of at least 4 members (excludes halogenated alkanes) is 1. The number of rotatable bonds is 52. The molecule has 3 saturated heterocycles. The van der Waals surface area contributed by atoms with Crippen LogP contribution in [0.5, 0.6) is 11.5 Å². The zero-order valence-corrected chi connectivity index (χ0v) is 78.6. The first-order valence-electron chi connectivity index (χ1n) is 45.9. The first kappa shape index (κ1) is 106. The van der Waals surface area contributed by atoms with Gasteiger partial charge in [0.2, 0.25) is 70.9 Å². The lowest BCUT2D eigenvalue weighted by atomic mass is 9.92. The van der Waals surface area contributed by atoms with Crippen LogP contribution in [0.2, 0.25) is 0 Å². The summed E-state index contributed by atoms with van der Waals surface area (Å²) in [6, 6.07) is 18.1. The van der Waals surface area contributed by atoms with Crippen LogP contribution >= 0.6 is 11.8 Å². The molecule has 6 aromatic rings. The molecule has 134 heavy (non-hydrogen) atoms. The number of H-pyrrole nitrogens is 1. The van der Waals surface area contributed by atoms with E-state index in [-0.39, 0.29) is 99.0 Å². The third-order valence-electron chi connectivity index (χ3n) is 25.0. The number of nitrogens with one attached hydrogen (secondary N) is 9. The van der Waals surface area contributed by atoms with Crippen LogP contribution in [0.1, 0.15) is 147 Å². The van der Waals surface area contributed by atoms with Gasteiger partial charge in [-0.05, 0) is 133 Å². The summed E-state index contributed by atoms with van der Waals surface area (Å²) in [5.74, 6) is -13.0. The summed E-state index contributed by atoms with van der Waals surface area (Å²) in [7, 11) is 4.36. The molecule has 16 atom stereocenters. The number of Topliss-reactive ketones (excluding diaryl/α,β-unsaturated/α-hetero) is 1. The van der Waals surface area contributed by atoms with Gasteiger partial charge in [0, 0.05) is 88.8 Å². The quantitative estimate of drug-likeness (QED) is 0.0190. The minimum absolute atomic E-state index is 0.0523. The lowest BCUT2D eigenvalue weighted by Crippen LogP contribution is -2.60. The van der Waals surface area contributed by atoms with Crippen molar-refractivity contribution in [1.29, 1.82) is 0 Å². The number of aliphatic carboxylic acids is 1. The van der Waals surface area contributed by atoms with Crippen molar-refractivity contribution in [3.63, 3.8) is 0 Å². The summed E-state index contributed by atoms with van der Waals surface area (Å²) in [4.78, 5) is 224. The lowest BCUT2D eigenvalue weighted by Gasteiger charge is -2.38. The molecule has 0 spiro atoms. The number of halogens is 1. The number of amides is 12. The van der Waals surface area contributed by atoms with Gasteiger partial charge in [-0.2, -0.15) is 0 Å². The number of aromatic amines is 1. The van der Waals surface area contributed by atoms with Gasteiger partial charge in [-0.25, -0.2) is 4.39 Å². The Morgan fingerprint density at radius 1 is 0.604 bits per heavy atom. The number of hydrogen-bond acceptors (Lipinski definition) is 22. The Hall–Kier alpha value is -12.2. The fourth-order valence-electron chi connectivity index (χ4n) is 17.2. The maximum absolute atomic E-state index is 15.6.